The van der Waals surface area contributed by atoms with E-state index in [4.69, 9.17) is 21.2 Å². The van der Waals surface area contributed by atoms with Crippen LogP contribution in [0.3, 0.4) is 0 Å². The van der Waals surface area contributed by atoms with E-state index in [-0.39, 0.29) is 5.91 Å². The molecule has 0 unspecified atom stereocenters. The highest BCUT2D eigenvalue weighted by Gasteiger charge is 2.38. The molecule has 2 aliphatic rings. The topological polar surface area (TPSA) is 94.5 Å². The molecule has 1 fully saturated rings. The molecule has 6 nitrogen and oxygen atoms in total. The third kappa shape index (κ3) is 2.27. The zero-order valence-electron chi connectivity index (χ0n) is 15.7. The molecule has 1 saturated carbocycles. The van der Waals surface area contributed by atoms with Gasteiger partial charge >= 0.3 is 0 Å². The molecule has 4 N–H and O–H groups in total. The van der Waals surface area contributed by atoms with Crippen LogP contribution in [0.4, 0.5) is 11.4 Å². The molecule has 2 aromatic carbocycles. The van der Waals surface area contributed by atoms with Crippen molar-refractivity contribution in [3.8, 4) is 16.9 Å². The lowest BCUT2D eigenvalue weighted by Gasteiger charge is -2.34. The zero-order chi connectivity index (χ0) is 19.4. The second-order valence-electron chi connectivity index (χ2n) is 7.49. The number of carbonyl (C=O) groups excluding carboxylic acids is 1. The Bertz CT molecular complexity index is 1120. The van der Waals surface area contributed by atoms with Crippen LogP contribution in [0.2, 0.25) is 0 Å². The number of benzene rings is 2. The summed E-state index contributed by atoms with van der Waals surface area (Å²) in [4.78, 5) is 19.8. The van der Waals surface area contributed by atoms with Crippen LogP contribution in [-0.2, 0) is 6.54 Å². The van der Waals surface area contributed by atoms with Crippen molar-refractivity contribution in [3.05, 3.63) is 47.7 Å². The first-order valence-corrected chi connectivity index (χ1v) is 9.55. The van der Waals surface area contributed by atoms with Gasteiger partial charge in [-0.1, -0.05) is 24.3 Å². The molecule has 3 aromatic rings. The molecular weight excluding hydrogens is 352 g/mol. The minimum atomic E-state index is 0.00816. The predicted octanol–water partition coefficient (Wildman–Crippen LogP) is 3.58. The molecule has 0 saturated heterocycles. The number of ether oxygens (including phenoxy) is 1. The fourth-order valence-corrected chi connectivity index (χ4v) is 4.29. The number of fused-ring (bicyclic) bond motifs is 2. The molecule has 1 aliphatic heterocycles. The van der Waals surface area contributed by atoms with Gasteiger partial charge in [-0.15, -0.1) is 0 Å². The van der Waals surface area contributed by atoms with Gasteiger partial charge in [0.05, 0.1) is 36.1 Å². The van der Waals surface area contributed by atoms with Crippen LogP contribution in [0.25, 0.3) is 22.0 Å². The van der Waals surface area contributed by atoms with Crippen molar-refractivity contribution in [2.24, 2.45) is 0 Å². The molecule has 5 rings (SSSR count). The monoisotopic (exact) mass is 374 g/mol. The Hall–Kier alpha value is -3.28. The quantitative estimate of drug-likeness (QED) is 0.683. The predicted molar refractivity (Wildman–Crippen MR) is 110 cm³/mol. The van der Waals surface area contributed by atoms with Crippen molar-refractivity contribution in [3.63, 3.8) is 0 Å². The summed E-state index contributed by atoms with van der Waals surface area (Å²) in [6, 6.07) is 11.7. The fraction of sp³-hybridized carbons (Fsp3) is 0.273. The van der Waals surface area contributed by atoms with Gasteiger partial charge in [-0.3, -0.25) is 4.79 Å². The van der Waals surface area contributed by atoms with Crippen LogP contribution >= 0.6 is 0 Å². The smallest absolute Gasteiger partial charge is 0.258 e. The summed E-state index contributed by atoms with van der Waals surface area (Å²) in [5.74, 6) is 0.689. The summed E-state index contributed by atoms with van der Waals surface area (Å²) < 4.78 is 5.54. The number of nitrogen functional groups attached to an aromatic ring is 2. The number of pyridine rings is 1. The first-order chi connectivity index (χ1) is 13.6. The number of aromatic nitrogens is 1. The van der Waals surface area contributed by atoms with E-state index in [0.29, 0.717) is 35.3 Å². The molecule has 1 aromatic heterocycles. The molecule has 0 spiro atoms. The number of nitrogens with two attached hydrogens (primary N) is 2. The van der Waals surface area contributed by atoms with Crippen LogP contribution in [0.1, 0.15) is 35.3 Å². The normalized spacial score (nSPS) is 16.3. The van der Waals surface area contributed by atoms with Gasteiger partial charge in [-0.25, -0.2) is 4.98 Å². The summed E-state index contributed by atoms with van der Waals surface area (Å²) in [5.41, 5.74) is 17.6. The van der Waals surface area contributed by atoms with Gasteiger partial charge in [-0.05, 0) is 31.4 Å². The Kier molecular flexibility index (Phi) is 3.69. The van der Waals surface area contributed by atoms with Crippen LogP contribution in [0.5, 0.6) is 5.75 Å². The number of hydrogen-bond acceptors (Lipinski definition) is 5. The molecule has 0 atom stereocenters. The average molecular weight is 374 g/mol. The summed E-state index contributed by atoms with van der Waals surface area (Å²) in [6.45, 7) is 0.523. The van der Waals surface area contributed by atoms with Crippen LogP contribution in [0.15, 0.2) is 36.4 Å². The van der Waals surface area contributed by atoms with Crippen molar-refractivity contribution >= 4 is 28.2 Å². The van der Waals surface area contributed by atoms with Crippen molar-refractivity contribution in [2.45, 2.75) is 31.8 Å². The van der Waals surface area contributed by atoms with E-state index in [2.05, 4.69) is 0 Å². The Morgan fingerprint density at radius 1 is 1.11 bits per heavy atom. The highest BCUT2D eigenvalue weighted by Crippen LogP contribution is 2.42. The van der Waals surface area contributed by atoms with Gasteiger partial charge < -0.3 is 21.1 Å². The maximum atomic E-state index is 13.0. The summed E-state index contributed by atoms with van der Waals surface area (Å²) in [7, 11) is 1.62. The van der Waals surface area contributed by atoms with Crippen molar-refractivity contribution < 1.29 is 9.53 Å². The molecule has 1 amide bonds. The van der Waals surface area contributed by atoms with Gasteiger partial charge in [0.2, 0.25) is 0 Å². The maximum Gasteiger partial charge on any atom is 0.258 e. The number of methoxy groups -OCH3 is 1. The number of anilines is 2. The minimum Gasteiger partial charge on any atom is -0.496 e. The number of hydrogen-bond donors (Lipinski definition) is 2. The van der Waals surface area contributed by atoms with E-state index >= 15 is 0 Å². The number of nitrogens with zero attached hydrogens (tertiary/aromatic N) is 2. The molecule has 28 heavy (non-hydrogen) atoms. The Labute approximate surface area is 163 Å². The Morgan fingerprint density at radius 2 is 1.89 bits per heavy atom. The minimum absolute atomic E-state index is 0.00816. The fourth-order valence-electron chi connectivity index (χ4n) is 4.29. The molecule has 142 valence electrons. The summed E-state index contributed by atoms with van der Waals surface area (Å²) in [6.07, 6.45) is 3.29. The molecule has 6 heteroatoms. The van der Waals surface area contributed by atoms with E-state index < -0.39 is 0 Å². The Balaban J connectivity index is 1.74. The van der Waals surface area contributed by atoms with E-state index in [1.54, 1.807) is 7.11 Å². The maximum absolute atomic E-state index is 13.0. The van der Waals surface area contributed by atoms with E-state index in [9.17, 15) is 4.79 Å². The van der Waals surface area contributed by atoms with Gasteiger partial charge in [0.1, 0.15) is 5.75 Å². The lowest BCUT2D eigenvalue weighted by Crippen LogP contribution is -2.40. The number of para-hydroxylation sites is 1. The van der Waals surface area contributed by atoms with Gasteiger partial charge in [-0.2, -0.15) is 0 Å². The number of rotatable bonds is 3. The highest BCUT2D eigenvalue weighted by molar-refractivity contribution is 6.12. The van der Waals surface area contributed by atoms with Crippen molar-refractivity contribution in [2.75, 3.05) is 18.6 Å². The average Bonchev–Trinajstić information content (AvgIpc) is 2.96. The molecule has 0 radical (unpaired) electrons. The van der Waals surface area contributed by atoms with Gasteiger partial charge in [0, 0.05) is 28.2 Å². The third-order valence-corrected chi connectivity index (χ3v) is 5.99. The van der Waals surface area contributed by atoms with E-state index in [1.165, 1.54) is 6.42 Å². The first kappa shape index (κ1) is 16.9. The molecule has 1 aliphatic carbocycles. The van der Waals surface area contributed by atoms with Crippen LogP contribution < -0.4 is 16.2 Å². The van der Waals surface area contributed by atoms with E-state index in [1.807, 2.05) is 41.3 Å². The highest BCUT2D eigenvalue weighted by atomic mass is 16.5. The lowest BCUT2D eigenvalue weighted by atomic mass is 9.92. The standard InChI is InChI=1S/C22H22N4O2/c1-28-17-10-4-9-15(23)18(17)13-7-3-8-14-20(24)19-16(25-21(13)14)11-26(22(19)27)12-5-2-6-12/h3-4,7-10,12H,2,5-6,11,23H2,1H3,(H2,24,25). The summed E-state index contributed by atoms with van der Waals surface area (Å²) >= 11 is 0. The largest absolute Gasteiger partial charge is 0.496 e. The van der Waals surface area contributed by atoms with E-state index in [0.717, 1.165) is 40.6 Å². The molecule has 0 bridgehead atoms. The number of carbonyl (C=O) groups is 1. The van der Waals surface area contributed by atoms with Gasteiger partial charge in [0.25, 0.3) is 5.91 Å². The lowest BCUT2D eigenvalue weighted by molar-refractivity contribution is 0.0606. The van der Waals surface area contributed by atoms with Crippen LogP contribution in [-0.4, -0.2) is 28.9 Å². The molecular formula is C22H22N4O2. The van der Waals surface area contributed by atoms with Crippen LogP contribution in [0, 0.1) is 0 Å². The van der Waals surface area contributed by atoms with Crippen molar-refractivity contribution in [1.29, 1.82) is 0 Å². The number of amides is 1. The van der Waals surface area contributed by atoms with Crippen molar-refractivity contribution in [1.82, 2.24) is 9.88 Å². The third-order valence-electron chi connectivity index (χ3n) is 5.99. The second-order valence-corrected chi connectivity index (χ2v) is 7.49. The Morgan fingerprint density at radius 3 is 2.61 bits per heavy atom. The summed E-state index contributed by atoms with van der Waals surface area (Å²) in [5, 5.41) is 0.769. The zero-order valence-corrected chi connectivity index (χ0v) is 15.7. The SMILES string of the molecule is COc1cccc(N)c1-c1cccc2c(N)c3c(nc12)CN(C1CCC1)C3=O. The molecule has 2 heterocycles. The second kappa shape index (κ2) is 6.12. The first-order valence-electron chi connectivity index (χ1n) is 9.55. The van der Waals surface area contributed by atoms with Gasteiger partial charge in [0.15, 0.2) is 0 Å².